The van der Waals surface area contributed by atoms with Crippen LogP contribution in [-0.2, 0) is 10.0 Å². The second kappa shape index (κ2) is 7.34. The summed E-state index contributed by atoms with van der Waals surface area (Å²) < 4.78 is 26.0. The monoisotopic (exact) mass is 264 g/mol. The van der Waals surface area contributed by atoms with Crippen LogP contribution < -0.4 is 5.32 Å². The van der Waals surface area contributed by atoms with Crippen LogP contribution in [0.4, 0.5) is 0 Å². The van der Waals surface area contributed by atoms with Gasteiger partial charge in [-0.3, -0.25) is 0 Å². The van der Waals surface area contributed by atoms with E-state index in [0.29, 0.717) is 12.5 Å². The second-order valence-corrected chi connectivity index (χ2v) is 7.47. The minimum absolute atomic E-state index is 0.0358. The number of hydrogen-bond donors (Lipinski definition) is 1. The number of nitrogens with zero attached hydrogens (tertiary/aromatic N) is 1. The van der Waals surface area contributed by atoms with Gasteiger partial charge in [0.15, 0.2) is 0 Å². The minimum Gasteiger partial charge on any atom is -0.315 e. The summed E-state index contributed by atoms with van der Waals surface area (Å²) in [5.74, 6) is 0.325. The van der Waals surface area contributed by atoms with E-state index in [1.165, 1.54) is 4.31 Å². The van der Waals surface area contributed by atoms with Crippen LogP contribution in [0.1, 0.15) is 41.0 Å². The van der Waals surface area contributed by atoms with Gasteiger partial charge < -0.3 is 5.32 Å². The molecule has 0 amide bonds. The van der Waals surface area contributed by atoms with Gasteiger partial charge in [0.2, 0.25) is 10.0 Å². The summed E-state index contributed by atoms with van der Waals surface area (Å²) in [6.45, 7) is 11.2. The van der Waals surface area contributed by atoms with Gasteiger partial charge in [-0.2, -0.15) is 0 Å². The Balaban J connectivity index is 4.54. The number of hydrogen-bond acceptors (Lipinski definition) is 3. The van der Waals surface area contributed by atoms with Crippen molar-refractivity contribution in [3.05, 3.63) is 0 Å². The second-order valence-electron chi connectivity index (χ2n) is 5.06. The fraction of sp³-hybridized carbons (Fsp3) is 1.00. The van der Waals surface area contributed by atoms with Gasteiger partial charge in [0, 0.05) is 19.6 Å². The fourth-order valence-corrected chi connectivity index (χ4v) is 3.13. The molecule has 104 valence electrons. The maximum Gasteiger partial charge on any atom is 0.217 e. The molecule has 17 heavy (non-hydrogen) atoms. The standard InChI is InChI=1S/C12H28N2O2S/c1-7-8-13-9-11(4)17(15,16)14(6)12(5)10(2)3/h10-13H,7-9H2,1-6H3. The van der Waals surface area contributed by atoms with Gasteiger partial charge >= 0.3 is 0 Å². The van der Waals surface area contributed by atoms with Crippen molar-refractivity contribution in [1.29, 1.82) is 0 Å². The predicted octanol–water partition coefficient (Wildman–Crippen LogP) is 1.68. The Morgan fingerprint density at radius 2 is 1.71 bits per heavy atom. The molecule has 5 heteroatoms. The van der Waals surface area contributed by atoms with Crippen LogP contribution in [0.2, 0.25) is 0 Å². The van der Waals surface area contributed by atoms with Crippen LogP contribution in [0.5, 0.6) is 0 Å². The van der Waals surface area contributed by atoms with Gasteiger partial charge in [0.1, 0.15) is 0 Å². The van der Waals surface area contributed by atoms with Crippen LogP contribution in [0, 0.1) is 5.92 Å². The van der Waals surface area contributed by atoms with E-state index in [-0.39, 0.29) is 11.3 Å². The molecule has 0 spiro atoms. The lowest BCUT2D eigenvalue weighted by Crippen LogP contribution is -2.45. The van der Waals surface area contributed by atoms with Gasteiger partial charge in [0.05, 0.1) is 5.25 Å². The zero-order valence-corrected chi connectivity index (χ0v) is 12.8. The lowest BCUT2D eigenvalue weighted by molar-refractivity contribution is 0.312. The third kappa shape index (κ3) is 4.94. The van der Waals surface area contributed by atoms with Crippen molar-refractivity contribution in [3.8, 4) is 0 Å². The van der Waals surface area contributed by atoms with Gasteiger partial charge in [-0.15, -0.1) is 0 Å². The molecule has 0 radical (unpaired) electrons. The molecule has 0 aromatic rings. The maximum atomic E-state index is 12.3. The summed E-state index contributed by atoms with van der Waals surface area (Å²) in [6.07, 6.45) is 1.02. The number of nitrogens with one attached hydrogen (secondary N) is 1. The Morgan fingerprint density at radius 1 is 1.18 bits per heavy atom. The summed E-state index contributed by atoms with van der Waals surface area (Å²) in [4.78, 5) is 0. The predicted molar refractivity (Wildman–Crippen MR) is 73.6 cm³/mol. The van der Waals surface area contributed by atoms with E-state index in [1.54, 1.807) is 14.0 Å². The zero-order chi connectivity index (χ0) is 13.6. The van der Waals surface area contributed by atoms with Crippen LogP contribution >= 0.6 is 0 Å². The van der Waals surface area contributed by atoms with Crippen LogP contribution in [0.3, 0.4) is 0 Å². The summed E-state index contributed by atoms with van der Waals surface area (Å²) >= 11 is 0. The van der Waals surface area contributed by atoms with E-state index < -0.39 is 10.0 Å². The highest BCUT2D eigenvalue weighted by Crippen LogP contribution is 2.15. The molecular formula is C12H28N2O2S. The van der Waals surface area contributed by atoms with E-state index >= 15 is 0 Å². The molecule has 0 rings (SSSR count). The van der Waals surface area contributed by atoms with Crippen LogP contribution in [0.15, 0.2) is 0 Å². The first kappa shape index (κ1) is 16.9. The van der Waals surface area contributed by atoms with E-state index in [1.807, 2.05) is 20.8 Å². The number of sulfonamides is 1. The van der Waals surface area contributed by atoms with Crippen molar-refractivity contribution in [2.24, 2.45) is 5.92 Å². The lowest BCUT2D eigenvalue weighted by Gasteiger charge is -2.29. The quantitative estimate of drug-likeness (QED) is 0.679. The Hall–Kier alpha value is -0.130. The van der Waals surface area contributed by atoms with Crippen molar-refractivity contribution in [2.45, 2.75) is 52.3 Å². The SMILES string of the molecule is CCCNCC(C)S(=O)(=O)N(C)C(C)C(C)C. The first-order valence-corrected chi connectivity index (χ1v) is 7.93. The first-order chi connectivity index (χ1) is 7.75. The summed E-state index contributed by atoms with van der Waals surface area (Å²) in [5, 5.41) is 2.78. The molecule has 2 unspecified atom stereocenters. The molecular weight excluding hydrogens is 236 g/mol. The molecule has 0 aliphatic heterocycles. The van der Waals surface area contributed by atoms with Crippen molar-refractivity contribution < 1.29 is 8.42 Å². The molecule has 0 aromatic carbocycles. The average Bonchev–Trinajstić information content (AvgIpc) is 2.26. The zero-order valence-electron chi connectivity index (χ0n) is 12.0. The molecule has 0 heterocycles. The van der Waals surface area contributed by atoms with Crippen molar-refractivity contribution in [2.75, 3.05) is 20.1 Å². The van der Waals surface area contributed by atoms with Gasteiger partial charge in [-0.05, 0) is 32.7 Å². The first-order valence-electron chi connectivity index (χ1n) is 6.42. The molecule has 2 atom stereocenters. The highest BCUT2D eigenvalue weighted by molar-refractivity contribution is 7.89. The van der Waals surface area contributed by atoms with Gasteiger partial charge in [0.25, 0.3) is 0 Å². The van der Waals surface area contributed by atoms with Gasteiger partial charge in [-0.1, -0.05) is 20.8 Å². The topological polar surface area (TPSA) is 49.4 Å². The third-order valence-electron chi connectivity index (χ3n) is 3.31. The largest absolute Gasteiger partial charge is 0.315 e. The fourth-order valence-electron chi connectivity index (χ4n) is 1.52. The maximum absolute atomic E-state index is 12.3. The van der Waals surface area contributed by atoms with Crippen LogP contribution in [-0.4, -0.2) is 44.2 Å². The molecule has 0 aromatic heterocycles. The normalized spacial score (nSPS) is 16.5. The molecule has 0 fully saturated rings. The van der Waals surface area contributed by atoms with E-state index in [9.17, 15) is 8.42 Å². The smallest absolute Gasteiger partial charge is 0.217 e. The number of rotatable bonds is 8. The summed E-state index contributed by atoms with van der Waals surface area (Å²) in [6, 6.07) is 0.0358. The van der Waals surface area contributed by atoms with Gasteiger partial charge in [-0.25, -0.2) is 12.7 Å². The third-order valence-corrected chi connectivity index (χ3v) is 5.63. The molecule has 1 N–H and O–H groups in total. The Morgan fingerprint density at radius 3 is 2.12 bits per heavy atom. The van der Waals surface area contributed by atoms with E-state index in [4.69, 9.17) is 0 Å². The summed E-state index contributed by atoms with van der Waals surface area (Å²) in [5.41, 5.74) is 0. The Kier molecular flexibility index (Phi) is 7.28. The molecule has 0 aliphatic carbocycles. The Labute approximate surface area is 107 Å². The molecule has 4 nitrogen and oxygen atoms in total. The van der Waals surface area contributed by atoms with E-state index in [2.05, 4.69) is 12.2 Å². The van der Waals surface area contributed by atoms with E-state index in [0.717, 1.165) is 13.0 Å². The van der Waals surface area contributed by atoms with Crippen molar-refractivity contribution in [1.82, 2.24) is 9.62 Å². The van der Waals surface area contributed by atoms with Crippen molar-refractivity contribution in [3.63, 3.8) is 0 Å². The highest BCUT2D eigenvalue weighted by Gasteiger charge is 2.30. The lowest BCUT2D eigenvalue weighted by atomic mass is 10.1. The average molecular weight is 264 g/mol. The van der Waals surface area contributed by atoms with Crippen molar-refractivity contribution >= 4 is 10.0 Å². The molecule has 0 saturated carbocycles. The highest BCUT2D eigenvalue weighted by atomic mass is 32.2. The Bertz CT molecular complexity index is 302. The minimum atomic E-state index is -3.19. The molecule has 0 bridgehead atoms. The molecule has 0 aliphatic rings. The summed E-state index contributed by atoms with van der Waals surface area (Å²) in [7, 11) is -1.52. The molecule has 0 saturated heterocycles. The van der Waals surface area contributed by atoms with Crippen LogP contribution in [0.25, 0.3) is 0 Å².